The Kier molecular flexibility index (Phi) is 4.69. The fraction of sp³-hybridized carbons (Fsp3) is 0.625. The highest BCUT2D eigenvalue weighted by Gasteiger charge is 2.30. The van der Waals surface area contributed by atoms with Gasteiger partial charge in [0, 0.05) is 5.02 Å². The summed E-state index contributed by atoms with van der Waals surface area (Å²) >= 11 is 5.90. The van der Waals surface area contributed by atoms with Crippen LogP contribution in [0.3, 0.4) is 0 Å². The number of hydrogen-bond acceptors (Lipinski definition) is 1. The largest absolute Gasteiger partial charge is 0.393 e. The molecular formula is C16H23ClO. The highest BCUT2D eigenvalue weighted by Crippen LogP contribution is 2.35. The third-order valence-corrected chi connectivity index (χ3v) is 4.59. The Morgan fingerprint density at radius 1 is 1.22 bits per heavy atom. The molecule has 0 saturated heterocycles. The number of aliphatic hydroxyl groups excluding tert-OH is 1. The van der Waals surface area contributed by atoms with E-state index in [9.17, 15) is 5.11 Å². The van der Waals surface area contributed by atoms with Gasteiger partial charge in [-0.05, 0) is 61.1 Å². The van der Waals surface area contributed by atoms with E-state index in [1.807, 2.05) is 12.1 Å². The molecule has 0 radical (unpaired) electrons. The Labute approximate surface area is 115 Å². The fourth-order valence-electron chi connectivity index (χ4n) is 3.03. The van der Waals surface area contributed by atoms with Crippen molar-refractivity contribution in [2.24, 2.45) is 17.8 Å². The monoisotopic (exact) mass is 266 g/mol. The van der Waals surface area contributed by atoms with E-state index in [0.717, 1.165) is 36.1 Å². The molecule has 2 rings (SSSR count). The van der Waals surface area contributed by atoms with Crippen LogP contribution in [0.4, 0.5) is 0 Å². The van der Waals surface area contributed by atoms with E-state index < -0.39 is 0 Å². The molecule has 1 aliphatic carbocycles. The molecule has 2 heteroatoms. The lowest BCUT2D eigenvalue weighted by molar-refractivity contribution is 0.0378. The molecule has 3 atom stereocenters. The van der Waals surface area contributed by atoms with Gasteiger partial charge in [0.1, 0.15) is 0 Å². The number of halogens is 1. The summed E-state index contributed by atoms with van der Waals surface area (Å²) in [5.74, 6) is 1.91. The van der Waals surface area contributed by atoms with Gasteiger partial charge in [0.25, 0.3) is 0 Å². The second-order valence-corrected chi connectivity index (χ2v) is 6.41. The van der Waals surface area contributed by atoms with Gasteiger partial charge >= 0.3 is 0 Å². The maximum Gasteiger partial charge on any atom is 0.0571 e. The van der Waals surface area contributed by atoms with Crippen molar-refractivity contribution in [1.82, 2.24) is 0 Å². The molecule has 1 nitrogen and oxygen atoms in total. The van der Waals surface area contributed by atoms with E-state index >= 15 is 0 Å². The molecule has 1 aromatic carbocycles. The first-order valence-corrected chi connectivity index (χ1v) is 7.36. The van der Waals surface area contributed by atoms with Crippen molar-refractivity contribution in [1.29, 1.82) is 0 Å². The molecular weight excluding hydrogens is 244 g/mol. The Morgan fingerprint density at radius 3 is 2.50 bits per heavy atom. The molecule has 0 heterocycles. The van der Waals surface area contributed by atoms with Crippen LogP contribution in [0.1, 0.15) is 38.7 Å². The predicted molar refractivity (Wildman–Crippen MR) is 76.8 cm³/mol. The summed E-state index contributed by atoms with van der Waals surface area (Å²) in [5, 5.41) is 10.9. The topological polar surface area (TPSA) is 20.2 Å². The molecule has 0 aromatic heterocycles. The van der Waals surface area contributed by atoms with Crippen molar-refractivity contribution < 1.29 is 5.11 Å². The normalized spacial score (nSPS) is 28.6. The van der Waals surface area contributed by atoms with Gasteiger partial charge in [-0.25, -0.2) is 0 Å². The van der Waals surface area contributed by atoms with Crippen LogP contribution in [0.5, 0.6) is 0 Å². The van der Waals surface area contributed by atoms with Gasteiger partial charge in [0.15, 0.2) is 0 Å². The molecule has 18 heavy (non-hydrogen) atoms. The summed E-state index contributed by atoms with van der Waals surface area (Å²) < 4.78 is 0. The molecule has 100 valence electrons. The smallest absolute Gasteiger partial charge is 0.0571 e. The molecule has 3 unspecified atom stereocenters. The molecule has 1 saturated carbocycles. The maximum absolute atomic E-state index is 10.2. The zero-order chi connectivity index (χ0) is 13.1. The highest BCUT2D eigenvalue weighted by atomic mass is 35.5. The number of rotatable bonds is 3. The van der Waals surface area contributed by atoms with E-state index in [-0.39, 0.29) is 6.10 Å². The zero-order valence-corrected chi connectivity index (χ0v) is 12.0. The van der Waals surface area contributed by atoms with E-state index in [0.29, 0.717) is 5.92 Å². The fourth-order valence-corrected chi connectivity index (χ4v) is 3.16. The SMILES string of the molecule is CC(C)C1CCC(O)C(Cc2ccc(Cl)cc2)C1. The van der Waals surface area contributed by atoms with Gasteiger partial charge in [-0.3, -0.25) is 0 Å². The van der Waals surface area contributed by atoms with Crippen LogP contribution < -0.4 is 0 Å². The average Bonchev–Trinajstić information content (AvgIpc) is 2.34. The molecule has 0 spiro atoms. The van der Waals surface area contributed by atoms with Crippen LogP contribution in [0.15, 0.2) is 24.3 Å². The third kappa shape index (κ3) is 3.49. The average molecular weight is 267 g/mol. The molecule has 1 N–H and O–H groups in total. The van der Waals surface area contributed by atoms with Gasteiger partial charge in [-0.15, -0.1) is 0 Å². The van der Waals surface area contributed by atoms with E-state index in [1.165, 1.54) is 12.0 Å². The lowest BCUT2D eigenvalue weighted by atomic mass is 9.73. The minimum atomic E-state index is -0.129. The Balaban J connectivity index is 2.00. The van der Waals surface area contributed by atoms with Crippen LogP contribution in [-0.4, -0.2) is 11.2 Å². The summed E-state index contributed by atoms with van der Waals surface area (Å²) in [4.78, 5) is 0. The molecule has 0 aliphatic heterocycles. The summed E-state index contributed by atoms with van der Waals surface area (Å²) in [6.07, 6.45) is 4.13. The highest BCUT2D eigenvalue weighted by molar-refractivity contribution is 6.30. The van der Waals surface area contributed by atoms with E-state index in [4.69, 9.17) is 11.6 Å². The molecule has 0 amide bonds. The van der Waals surface area contributed by atoms with Crippen molar-refractivity contribution >= 4 is 11.6 Å². The predicted octanol–water partition coefficient (Wildman–Crippen LogP) is 4.32. The second-order valence-electron chi connectivity index (χ2n) is 5.98. The summed E-state index contributed by atoms with van der Waals surface area (Å²) in [5.41, 5.74) is 1.29. The Bertz CT molecular complexity index is 371. The lowest BCUT2D eigenvalue weighted by Crippen LogP contribution is -2.32. The first kappa shape index (κ1) is 13.9. The standard InChI is InChI=1S/C16H23ClO/c1-11(2)13-5-8-16(18)14(10-13)9-12-3-6-15(17)7-4-12/h3-4,6-7,11,13-14,16,18H,5,8-10H2,1-2H3. The number of hydrogen-bond donors (Lipinski definition) is 1. The van der Waals surface area contributed by atoms with Gasteiger partial charge in [-0.1, -0.05) is 37.6 Å². The first-order valence-electron chi connectivity index (χ1n) is 6.98. The van der Waals surface area contributed by atoms with Crippen LogP contribution in [0.25, 0.3) is 0 Å². The van der Waals surface area contributed by atoms with Gasteiger partial charge < -0.3 is 5.11 Å². The van der Waals surface area contributed by atoms with Gasteiger partial charge in [-0.2, -0.15) is 0 Å². The zero-order valence-electron chi connectivity index (χ0n) is 11.3. The maximum atomic E-state index is 10.2. The van der Waals surface area contributed by atoms with Gasteiger partial charge in [0.2, 0.25) is 0 Å². The van der Waals surface area contributed by atoms with Crippen molar-refractivity contribution in [3.8, 4) is 0 Å². The molecule has 1 aromatic rings. The van der Waals surface area contributed by atoms with Crippen molar-refractivity contribution in [3.05, 3.63) is 34.9 Å². The first-order chi connectivity index (χ1) is 8.56. The summed E-state index contributed by atoms with van der Waals surface area (Å²) in [6.45, 7) is 4.59. The molecule has 1 aliphatic rings. The van der Waals surface area contributed by atoms with Crippen molar-refractivity contribution in [2.45, 2.75) is 45.6 Å². The van der Waals surface area contributed by atoms with Crippen LogP contribution >= 0.6 is 11.6 Å². The lowest BCUT2D eigenvalue weighted by Gasteiger charge is -2.35. The minimum Gasteiger partial charge on any atom is -0.393 e. The Morgan fingerprint density at radius 2 is 1.89 bits per heavy atom. The van der Waals surface area contributed by atoms with Crippen molar-refractivity contribution in [2.75, 3.05) is 0 Å². The van der Waals surface area contributed by atoms with Crippen molar-refractivity contribution in [3.63, 3.8) is 0 Å². The summed E-state index contributed by atoms with van der Waals surface area (Å²) in [7, 11) is 0. The van der Waals surface area contributed by atoms with Gasteiger partial charge in [0.05, 0.1) is 6.10 Å². The third-order valence-electron chi connectivity index (χ3n) is 4.34. The van der Waals surface area contributed by atoms with Crippen LogP contribution in [0.2, 0.25) is 5.02 Å². The summed E-state index contributed by atoms with van der Waals surface area (Å²) in [6, 6.07) is 8.03. The molecule has 1 fully saturated rings. The van der Waals surface area contributed by atoms with E-state index in [1.54, 1.807) is 0 Å². The van der Waals surface area contributed by atoms with Crippen LogP contribution in [0, 0.1) is 17.8 Å². The van der Waals surface area contributed by atoms with Crippen LogP contribution in [-0.2, 0) is 6.42 Å². The quantitative estimate of drug-likeness (QED) is 0.864. The number of aliphatic hydroxyl groups is 1. The minimum absolute atomic E-state index is 0.129. The van der Waals surface area contributed by atoms with E-state index in [2.05, 4.69) is 26.0 Å². The Hall–Kier alpha value is -0.530. The molecule has 0 bridgehead atoms. The second kappa shape index (κ2) is 6.08. The number of benzene rings is 1.